The largest absolute Gasteiger partial charge is 0.479 e. The molecule has 0 aliphatic carbocycles. The van der Waals surface area contributed by atoms with Gasteiger partial charge in [0.05, 0.1) is 12.6 Å². The van der Waals surface area contributed by atoms with E-state index in [0.29, 0.717) is 0 Å². The minimum Gasteiger partial charge on any atom is -0.479 e. The molecule has 1 saturated heterocycles. The van der Waals surface area contributed by atoms with E-state index in [1.165, 1.54) is 4.90 Å². The molecule has 0 bridgehead atoms. The Morgan fingerprint density at radius 2 is 1.64 bits per heavy atom. The van der Waals surface area contributed by atoms with Crippen molar-refractivity contribution < 1.29 is 23.9 Å². The topological polar surface area (TPSA) is 76.1 Å². The van der Waals surface area contributed by atoms with Gasteiger partial charge in [0.25, 0.3) is 0 Å². The lowest BCUT2D eigenvalue weighted by Gasteiger charge is -2.39. The fraction of sp³-hybridized carbons (Fsp3) is 0.889. The average Bonchev–Trinajstić information content (AvgIpc) is 2.61. The first-order valence-corrected chi connectivity index (χ1v) is 11.8. The van der Waals surface area contributed by atoms with Crippen molar-refractivity contribution in [3.63, 3.8) is 0 Å². The van der Waals surface area contributed by atoms with Gasteiger partial charge in [0.15, 0.2) is 8.32 Å². The average molecular weight is 374 g/mol. The van der Waals surface area contributed by atoms with Crippen molar-refractivity contribution in [1.29, 1.82) is 0 Å². The van der Waals surface area contributed by atoms with Gasteiger partial charge in [-0.2, -0.15) is 0 Å². The van der Waals surface area contributed by atoms with Gasteiger partial charge >= 0.3 is 12.1 Å². The Morgan fingerprint density at radius 3 is 2.00 bits per heavy atom. The van der Waals surface area contributed by atoms with Gasteiger partial charge in [0, 0.05) is 5.92 Å². The molecule has 1 heterocycles. The summed E-state index contributed by atoms with van der Waals surface area (Å²) in [5, 5.41) is 9.85. The highest BCUT2D eigenvalue weighted by molar-refractivity contribution is 6.74. The van der Waals surface area contributed by atoms with Crippen molar-refractivity contribution in [3.05, 3.63) is 0 Å². The molecule has 1 N–H and O–H groups in total. The van der Waals surface area contributed by atoms with Crippen LogP contribution in [0.5, 0.6) is 0 Å². The first-order chi connectivity index (χ1) is 10.9. The van der Waals surface area contributed by atoms with Crippen LogP contribution in [0.25, 0.3) is 0 Å². The molecule has 0 aromatic heterocycles. The predicted octanol–water partition coefficient (Wildman–Crippen LogP) is 4.11. The summed E-state index contributed by atoms with van der Waals surface area (Å²) in [5.74, 6) is -1.38. The van der Waals surface area contributed by atoms with Crippen LogP contribution < -0.4 is 0 Å². The number of hydrogen-bond donors (Lipinski definition) is 1. The van der Waals surface area contributed by atoms with Crippen LogP contribution in [-0.4, -0.2) is 54.2 Å². The van der Waals surface area contributed by atoms with E-state index in [0.717, 1.165) is 0 Å². The highest BCUT2D eigenvalue weighted by Crippen LogP contribution is 2.43. The quantitative estimate of drug-likeness (QED) is 0.754. The second-order valence-corrected chi connectivity index (χ2v) is 14.5. The first-order valence-electron chi connectivity index (χ1n) is 8.85. The van der Waals surface area contributed by atoms with Gasteiger partial charge in [-0.25, -0.2) is 9.59 Å². The molecule has 0 radical (unpaired) electrons. The molecule has 25 heavy (non-hydrogen) atoms. The first kappa shape index (κ1) is 22.0. The summed E-state index contributed by atoms with van der Waals surface area (Å²) >= 11 is 0. The Balaban J connectivity index is 3.16. The predicted molar refractivity (Wildman–Crippen MR) is 100 cm³/mol. The summed E-state index contributed by atoms with van der Waals surface area (Å²) in [6, 6.07) is 0. The van der Waals surface area contributed by atoms with E-state index < -0.39 is 31.5 Å². The maximum atomic E-state index is 12.6. The maximum absolute atomic E-state index is 12.6. The number of amides is 1. The summed E-state index contributed by atoms with van der Waals surface area (Å²) in [6.07, 6.45) is -0.930. The maximum Gasteiger partial charge on any atom is 0.411 e. The van der Waals surface area contributed by atoms with Gasteiger partial charge in [-0.05, 0) is 45.8 Å². The van der Waals surface area contributed by atoms with Crippen LogP contribution >= 0.6 is 0 Å². The monoisotopic (exact) mass is 373 g/mol. The number of carbonyl (C=O) groups excluding carboxylic acids is 1. The number of likely N-dealkylation sites (tertiary alicyclic amines) is 1. The molecule has 1 rings (SSSR count). The van der Waals surface area contributed by atoms with E-state index in [1.54, 1.807) is 27.7 Å². The zero-order valence-electron chi connectivity index (χ0n) is 17.4. The van der Waals surface area contributed by atoms with E-state index in [-0.39, 0.29) is 23.6 Å². The molecule has 7 heteroatoms. The number of carboxylic acids is 1. The molecule has 0 spiro atoms. The molecule has 1 amide bonds. The number of aliphatic carboxylic acids is 1. The zero-order chi connectivity index (χ0) is 20.0. The van der Waals surface area contributed by atoms with Crippen LogP contribution in [0, 0.1) is 5.92 Å². The highest BCUT2D eigenvalue weighted by Gasteiger charge is 2.58. The zero-order valence-corrected chi connectivity index (χ0v) is 18.4. The van der Waals surface area contributed by atoms with Crippen molar-refractivity contribution in [2.45, 2.75) is 90.8 Å². The van der Waals surface area contributed by atoms with Gasteiger partial charge in [0.1, 0.15) is 11.1 Å². The summed E-state index contributed by atoms with van der Waals surface area (Å²) in [5.41, 5.74) is -2.03. The van der Waals surface area contributed by atoms with Gasteiger partial charge < -0.3 is 14.3 Å². The lowest BCUT2D eigenvalue weighted by atomic mass is 9.87. The fourth-order valence-electron chi connectivity index (χ4n) is 2.72. The van der Waals surface area contributed by atoms with Gasteiger partial charge in [0.2, 0.25) is 0 Å². The molecule has 6 nitrogen and oxygen atoms in total. The minimum absolute atomic E-state index is 0.00564. The molecule has 0 aromatic rings. The highest BCUT2D eigenvalue weighted by atomic mass is 28.4. The number of rotatable bonds is 3. The lowest BCUT2D eigenvalue weighted by Crippen LogP contribution is -2.55. The smallest absolute Gasteiger partial charge is 0.411 e. The third-order valence-electron chi connectivity index (χ3n) is 5.67. The van der Waals surface area contributed by atoms with Gasteiger partial charge in [-0.1, -0.05) is 27.7 Å². The van der Waals surface area contributed by atoms with E-state index in [4.69, 9.17) is 9.16 Å². The van der Waals surface area contributed by atoms with Crippen molar-refractivity contribution >= 4 is 20.4 Å². The molecule has 0 saturated carbocycles. The third kappa shape index (κ3) is 4.37. The standard InChI is InChI=1S/C18H35NO5Si/c1-12-13(24-25(9,10)17(5,6)7)11-19(18(12,8)14(20)21)15(22)23-16(2,3)4/h12-13H,11H2,1-10H3,(H,20,21)/t12-,13-,18-/m0/s1. The molecular weight excluding hydrogens is 338 g/mol. The molecule has 146 valence electrons. The number of hydrogen-bond acceptors (Lipinski definition) is 4. The fourth-order valence-corrected chi connectivity index (χ4v) is 4.11. The second kappa shape index (κ2) is 6.58. The Labute approximate surface area is 153 Å². The molecule has 1 fully saturated rings. The Hall–Kier alpha value is -1.08. The van der Waals surface area contributed by atoms with Gasteiger partial charge in [-0.3, -0.25) is 4.90 Å². The Kier molecular flexibility index (Phi) is 5.78. The summed E-state index contributed by atoms with van der Waals surface area (Å²) in [6.45, 7) is 19.6. The van der Waals surface area contributed by atoms with Crippen LogP contribution in [0.1, 0.15) is 55.4 Å². The summed E-state index contributed by atoms with van der Waals surface area (Å²) in [7, 11) is -2.09. The van der Waals surface area contributed by atoms with E-state index >= 15 is 0 Å². The van der Waals surface area contributed by atoms with Crippen molar-refractivity contribution in [2.24, 2.45) is 5.92 Å². The third-order valence-corrected chi connectivity index (χ3v) is 10.2. The molecular formula is C18H35NO5Si. The van der Waals surface area contributed by atoms with Crippen molar-refractivity contribution in [1.82, 2.24) is 4.90 Å². The molecule has 1 aliphatic rings. The van der Waals surface area contributed by atoms with E-state index in [9.17, 15) is 14.7 Å². The van der Waals surface area contributed by atoms with E-state index in [1.807, 2.05) is 6.92 Å². The number of carbonyl (C=O) groups is 2. The summed E-state index contributed by atoms with van der Waals surface area (Å²) in [4.78, 5) is 26.0. The van der Waals surface area contributed by atoms with Gasteiger partial charge in [-0.15, -0.1) is 0 Å². The molecule has 1 aliphatic heterocycles. The summed E-state index contributed by atoms with van der Waals surface area (Å²) < 4.78 is 11.9. The lowest BCUT2D eigenvalue weighted by molar-refractivity contribution is -0.150. The molecule has 0 aromatic carbocycles. The minimum atomic E-state index is -2.09. The van der Waals surface area contributed by atoms with Crippen LogP contribution in [0.3, 0.4) is 0 Å². The molecule has 0 unspecified atom stereocenters. The normalized spacial score (nSPS) is 28.2. The molecule has 3 atom stereocenters. The Morgan fingerprint density at radius 1 is 1.16 bits per heavy atom. The van der Waals surface area contributed by atoms with Crippen molar-refractivity contribution in [2.75, 3.05) is 6.54 Å². The Bertz CT molecular complexity index is 535. The number of carboxylic acid groups (broad SMARTS) is 1. The second-order valence-electron chi connectivity index (χ2n) is 9.75. The number of ether oxygens (including phenoxy) is 1. The van der Waals surface area contributed by atoms with Crippen LogP contribution in [0.2, 0.25) is 18.1 Å². The van der Waals surface area contributed by atoms with E-state index in [2.05, 4.69) is 33.9 Å². The van der Waals surface area contributed by atoms with Crippen LogP contribution in [0.15, 0.2) is 0 Å². The van der Waals surface area contributed by atoms with Crippen LogP contribution in [-0.2, 0) is 14.0 Å². The number of nitrogens with zero attached hydrogens (tertiary/aromatic N) is 1. The van der Waals surface area contributed by atoms with Crippen LogP contribution in [0.4, 0.5) is 4.79 Å². The SMILES string of the molecule is C[C@H]1[C@@H](O[Si](C)(C)C(C)(C)C)CN(C(=O)OC(C)(C)C)[C@]1(C)C(=O)O. The van der Waals surface area contributed by atoms with Crippen molar-refractivity contribution in [3.8, 4) is 0 Å².